The maximum atomic E-state index is 12.4. The third-order valence-corrected chi connectivity index (χ3v) is 5.04. The zero-order valence-corrected chi connectivity index (χ0v) is 16.5. The summed E-state index contributed by atoms with van der Waals surface area (Å²) in [5.41, 5.74) is -4.19. The van der Waals surface area contributed by atoms with Gasteiger partial charge in [0.05, 0.1) is 12.1 Å². The monoisotopic (exact) mass is 427 g/mol. The molecule has 0 saturated carbocycles. The maximum absolute atomic E-state index is 12.4. The van der Waals surface area contributed by atoms with Crippen LogP contribution in [0.1, 0.15) is 24.4 Å². The maximum Gasteiger partial charge on any atom is 0.485 e. The van der Waals surface area contributed by atoms with Crippen molar-refractivity contribution in [2.24, 2.45) is 0 Å². The van der Waals surface area contributed by atoms with Crippen molar-refractivity contribution in [2.45, 2.75) is 30.4 Å². The van der Waals surface area contributed by atoms with Crippen molar-refractivity contribution in [1.82, 2.24) is 15.4 Å². The zero-order chi connectivity index (χ0) is 21.1. The number of rotatable bonds is 6. The molecule has 1 fully saturated rings. The molecule has 1 heterocycles. The fraction of sp³-hybridized carbons (Fsp3) is 0.350. The van der Waals surface area contributed by atoms with Gasteiger partial charge in [0.25, 0.3) is 0 Å². The van der Waals surface area contributed by atoms with Gasteiger partial charge in [-0.15, -0.1) is 0 Å². The lowest BCUT2D eigenvalue weighted by atomic mass is 10.1. The number of halogens is 3. The highest BCUT2D eigenvalue weighted by Gasteiger charge is 2.37. The molecule has 0 aliphatic carbocycles. The molecule has 1 aliphatic heterocycles. The summed E-state index contributed by atoms with van der Waals surface area (Å²) in [4.78, 5) is 12.2. The highest BCUT2D eigenvalue weighted by atomic mass is 32.2. The van der Waals surface area contributed by atoms with Gasteiger partial charge in [-0.25, -0.2) is 8.93 Å². The number of amides is 1. The number of benzene rings is 2. The highest BCUT2D eigenvalue weighted by molar-refractivity contribution is 7.83. The first kappa shape index (κ1) is 23.1. The first-order valence-corrected chi connectivity index (χ1v) is 10.3. The van der Waals surface area contributed by atoms with Crippen LogP contribution in [-0.4, -0.2) is 34.8 Å². The summed E-state index contributed by atoms with van der Waals surface area (Å²) in [6.45, 7) is 0.457. The number of hydrogen-bond acceptors (Lipinski definition) is 3. The lowest BCUT2D eigenvalue weighted by Crippen LogP contribution is -2.45. The van der Waals surface area contributed by atoms with Crippen LogP contribution in [-0.2, 0) is 15.8 Å². The first-order chi connectivity index (χ1) is 13.9. The van der Waals surface area contributed by atoms with Gasteiger partial charge in [0, 0.05) is 6.54 Å². The molecule has 0 spiro atoms. The number of nitrogens with one attached hydrogen (secondary N) is 3. The molecule has 2 unspecified atom stereocenters. The van der Waals surface area contributed by atoms with Crippen molar-refractivity contribution >= 4 is 16.9 Å². The molecule has 1 saturated heterocycles. The van der Waals surface area contributed by atoms with E-state index in [-0.39, 0.29) is 18.5 Å². The first-order valence-electron chi connectivity index (χ1n) is 9.18. The van der Waals surface area contributed by atoms with Crippen LogP contribution >= 0.6 is 0 Å². The van der Waals surface area contributed by atoms with E-state index in [1.54, 1.807) is 30.3 Å². The summed E-state index contributed by atoms with van der Waals surface area (Å²) in [6, 6.07) is 19.6. The predicted molar refractivity (Wildman–Crippen MR) is 107 cm³/mol. The summed E-state index contributed by atoms with van der Waals surface area (Å²) in [5.74, 6) is -0.268. The van der Waals surface area contributed by atoms with Crippen LogP contribution in [0.3, 0.4) is 0 Å². The molecule has 0 bridgehead atoms. The van der Waals surface area contributed by atoms with Crippen LogP contribution in [0.4, 0.5) is 13.2 Å². The summed E-state index contributed by atoms with van der Waals surface area (Å²) in [6.07, 6.45) is 1.57. The van der Waals surface area contributed by atoms with E-state index in [2.05, 4.69) is 10.6 Å². The molecule has 9 heteroatoms. The fourth-order valence-electron chi connectivity index (χ4n) is 2.74. The number of carbonyl (C=O) groups is 1. The van der Waals surface area contributed by atoms with E-state index >= 15 is 0 Å². The summed E-state index contributed by atoms with van der Waals surface area (Å²) < 4.78 is 50.1. The summed E-state index contributed by atoms with van der Waals surface area (Å²) in [5, 5.41) is 5.75. The molecule has 2 aromatic carbocycles. The van der Waals surface area contributed by atoms with Crippen molar-refractivity contribution in [3.05, 3.63) is 72.3 Å². The predicted octanol–water partition coefficient (Wildman–Crippen LogP) is 3.06. The van der Waals surface area contributed by atoms with Crippen molar-refractivity contribution in [3.8, 4) is 0 Å². The van der Waals surface area contributed by atoms with Crippen LogP contribution in [0.5, 0.6) is 0 Å². The lowest BCUT2D eigenvalue weighted by Gasteiger charge is -2.22. The third-order valence-electron chi connectivity index (χ3n) is 4.19. The molecule has 0 aromatic heterocycles. The molecule has 3 atom stereocenters. The average Bonchev–Trinajstić information content (AvgIpc) is 3.27. The summed E-state index contributed by atoms with van der Waals surface area (Å²) >= 11 is 0. The molecular weight excluding hydrogens is 403 g/mol. The minimum atomic E-state index is -4.84. The highest BCUT2D eigenvalue weighted by Crippen LogP contribution is 2.19. The van der Waals surface area contributed by atoms with Gasteiger partial charge < -0.3 is 10.6 Å². The van der Waals surface area contributed by atoms with Crippen molar-refractivity contribution in [1.29, 1.82) is 0 Å². The largest absolute Gasteiger partial charge is 0.485 e. The van der Waals surface area contributed by atoms with Crippen LogP contribution in [0.15, 0.2) is 66.7 Å². The Morgan fingerprint density at radius 3 is 2.10 bits per heavy atom. The molecule has 3 rings (SSSR count). The molecule has 29 heavy (non-hydrogen) atoms. The van der Waals surface area contributed by atoms with Gasteiger partial charge in [-0.2, -0.15) is 13.2 Å². The Balaban J connectivity index is 0.000000426. The molecular formula is C20H24F3N3O2S. The van der Waals surface area contributed by atoms with Gasteiger partial charge in [-0.05, 0) is 24.9 Å². The van der Waals surface area contributed by atoms with E-state index in [0.717, 1.165) is 13.0 Å². The second-order valence-corrected chi connectivity index (χ2v) is 7.63. The van der Waals surface area contributed by atoms with Crippen LogP contribution in [0.25, 0.3) is 0 Å². The zero-order valence-electron chi connectivity index (χ0n) is 15.7. The van der Waals surface area contributed by atoms with Gasteiger partial charge in [-0.3, -0.25) is 4.79 Å². The summed E-state index contributed by atoms with van der Waals surface area (Å²) in [7, 11) is -3.17. The topological polar surface area (TPSA) is 70.2 Å². The van der Waals surface area contributed by atoms with E-state index in [9.17, 15) is 22.2 Å². The van der Waals surface area contributed by atoms with E-state index in [1.165, 1.54) is 0 Å². The van der Waals surface area contributed by atoms with Crippen molar-refractivity contribution in [2.75, 3.05) is 13.1 Å². The van der Waals surface area contributed by atoms with Gasteiger partial charge >= 0.3 is 5.51 Å². The molecule has 3 N–H and O–H groups in total. The van der Waals surface area contributed by atoms with Gasteiger partial charge in [-0.1, -0.05) is 66.7 Å². The van der Waals surface area contributed by atoms with Gasteiger partial charge in [0.2, 0.25) is 5.91 Å². The van der Waals surface area contributed by atoms with E-state index in [4.69, 9.17) is 0 Å². The average molecular weight is 427 g/mol. The minimum Gasteiger partial charge on any atom is -0.347 e. The Morgan fingerprint density at radius 1 is 1.07 bits per heavy atom. The lowest BCUT2D eigenvalue weighted by molar-refractivity contribution is -0.123. The number of alkyl halides is 3. The second-order valence-electron chi connectivity index (χ2n) is 6.34. The minimum absolute atomic E-state index is 0.268. The van der Waals surface area contributed by atoms with E-state index < -0.39 is 22.5 Å². The second kappa shape index (κ2) is 11.7. The quantitative estimate of drug-likeness (QED) is 0.664. The van der Waals surface area contributed by atoms with Gasteiger partial charge in [0.15, 0.2) is 11.0 Å². The Kier molecular flexibility index (Phi) is 9.30. The van der Waals surface area contributed by atoms with Crippen LogP contribution < -0.4 is 15.4 Å². The van der Waals surface area contributed by atoms with Crippen molar-refractivity contribution in [3.63, 3.8) is 0 Å². The Hall–Kier alpha value is -2.23. The molecule has 5 nitrogen and oxygen atoms in total. The Morgan fingerprint density at radius 2 is 1.62 bits per heavy atom. The Bertz CT molecular complexity index is 728. The Labute approximate surface area is 170 Å². The van der Waals surface area contributed by atoms with E-state index in [1.807, 2.05) is 41.1 Å². The number of carbonyl (C=O) groups excluding carboxylic acids is 1. The van der Waals surface area contributed by atoms with Gasteiger partial charge in [0.1, 0.15) is 0 Å². The molecule has 1 aliphatic rings. The SMILES string of the molecule is O=C(NC(CNS(=O)C(F)(F)F)c1ccccc1)[C@@H]1CCCN1.c1ccccc1. The van der Waals surface area contributed by atoms with E-state index in [0.29, 0.717) is 12.0 Å². The van der Waals surface area contributed by atoms with Crippen LogP contribution in [0, 0.1) is 0 Å². The molecule has 2 aromatic rings. The fourth-order valence-corrected chi connectivity index (χ4v) is 3.23. The smallest absolute Gasteiger partial charge is 0.347 e. The van der Waals surface area contributed by atoms with Crippen LogP contribution in [0.2, 0.25) is 0 Å². The molecule has 1 amide bonds. The standard InChI is InChI=1S/C14H18F3N3O2S.C6H6/c15-14(16,17)23(22)19-9-12(10-5-2-1-3-6-10)20-13(21)11-7-4-8-18-11;1-2-4-6-5-3-1/h1-3,5-6,11-12,18-19H,4,7-9H2,(H,20,21);1-6H/t11-,12?,23?;/m0./s1. The molecule has 0 radical (unpaired) electrons. The third kappa shape index (κ3) is 8.35. The van der Waals surface area contributed by atoms with Crippen molar-refractivity contribution < 1.29 is 22.2 Å². The molecule has 158 valence electrons. The normalized spacial score (nSPS) is 18.2. The number of hydrogen-bond donors (Lipinski definition) is 3.